The molecule has 0 aliphatic rings. The number of rotatable bonds is 7. The van der Waals surface area contributed by atoms with Gasteiger partial charge in [0.25, 0.3) is 0 Å². The second kappa shape index (κ2) is 7.45. The summed E-state index contributed by atoms with van der Waals surface area (Å²) < 4.78 is 8.29. The number of nitrogens with one attached hydrogen (secondary N) is 1. The van der Waals surface area contributed by atoms with Gasteiger partial charge in [-0.25, -0.2) is 0 Å². The highest BCUT2D eigenvalue weighted by Gasteiger charge is 2.06. The van der Waals surface area contributed by atoms with Gasteiger partial charge in [-0.05, 0) is 18.6 Å². The van der Waals surface area contributed by atoms with Crippen LogP contribution in [0.4, 0.5) is 5.69 Å². The number of hydrogen-bond acceptors (Lipinski definition) is 3. The molecule has 1 aromatic heterocycles. The Labute approximate surface area is 128 Å². The largest absolute Gasteiger partial charge is 0.381 e. The van der Waals surface area contributed by atoms with Crippen LogP contribution in [0.3, 0.4) is 0 Å². The summed E-state index contributed by atoms with van der Waals surface area (Å²) in [7, 11) is 1.71. The molecular formula is C15H20BrN3O. The number of aryl methyl sites for hydroxylation is 1. The first-order valence-electron chi connectivity index (χ1n) is 6.76. The summed E-state index contributed by atoms with van der Waals surface area (Å²) in [5.41, 5.74) is 3.40. The third-order valence-corrected chi connectivity index (χ3v) is 3.77. The Morgan fingerprint density at radius 1 is 1.40 bits per heavy atom. The van der Waals surface area contributed by atoms with Gasteiger partial charge in [-0.1, -0.05) is 28.9 Å². The van der Waals surface area contributed by atoms with Crippen molar-refractivity contribution in [2.75, 3.05) is 12.4 Å². The number of hydrogen-bond donors (Lipinski definition) is 1. The van der Waals surface area contributed by atoms with E-state index in [2.05, 4.69) is 45.5 Å². The van der Waals surface area contributed by atoms with Crippen molar-refractivity contribution in [1.82, 2.24) is 9.78 Å². The highest BCUT2D eigenvalue weighted by atomic mass is 79.9. The number of benzene rings is 1. The van der Waals surface area contributed by atoms with Crippen LogP contribution in [-0.4, -0.2) is 16.9 Å². The highest BCUT2D eigenvalue weighted by Crippen LogP contribution is 2.25. The van der Waals surface area contributed by atoms with Gasteiger partial charge in [0.15, 0.2) is 0 Å². The molecule has 0 bridgehead atoms. The molecule has 0 spiro atoms. The first kappa shape index (κ1) is 15.1. The topological polar surface area (TPSA) is 39.1 Å². The fraction of sp³-hybridized carbons (Fsp3) is 0.400. The van der Waals surface area contributed by atoms with Crippen LogP contribution >= 0.6 is 15.9 Å². The number of halogens is 1. The quantitative estimate of drug-likeness (QED) is 0.834. The molecule has 2 aromatic rings. The van der Waals surface area contributed by atoms with Gasteiger partial charge in [0.05, 0.1) is 12.8 Å². The standard InChI is InChI=1S/C15H20BrN3O/c1-3-7-19-10-12(9-18-19)8-17-15-6-4-5-14(16)13(15)11-20-2/h4-6,9-10,17H,3,7-8,11H2,1-2H3. The minimum Gasteiger partial charge on any atom is -0.381 e. The molecule has 0 atom stereocenters. The maximum absolute atomic E-state index is 5.25. The van der Waals surface area contributed by atoms with E-state index in [4.69, 9.17) is 4.74 Å². The van der Waals surface area contributed by atoms with Gasteiger partial charge in [-0.3, -0.25) is 4.68 Å². The molecule has 0 fully saturated rings. The van der Waals surface area contributed by atoms with Crippen molar-refractivity contribution in [3.63, 3.8) is 0 Å². The second-order valence-electron chi connectivity index (χ2n) is 4.66. The molecule has 4 nitrogen and oxygen atoms in total. The van der Waals surface area contributed by atoms with E-state index in [0.29, 0.717) is 6.61 Å². The van der Waals surface area contributed by atoms with E-state index >= 15 is 0 Å². The molecule has 0 aliphatic carbocycles. The Morgan fingerprint density at radius 3 is 3.00 bits per heavy atom. The van der Waals surface area contributed by atoms with Crippen LogP contribution in [0.1, 0.15) is 24.5 Å². The molecule has 0 amide bonds. The summed E-state index contributed by atoms with van der Waals surface area (Å²) in [6.45, 7) is 4.46. The van der Waals surface area contributed by atoms with Crippen LogP contribution in [0.25, 0.3) is 0 Å². The van der Waals surface area contributed by atoms with E-state index in [1.165, 1.54) is 5.56 Å². The van der Waals surface area contributed by atoms with Crippen molar-refractivity contribution in [2.24, 2.45) is 0 Å². The van der Waals surface area contributed by atoms with Crippen molar-refractivity contribution >= 4 is 21.6 Å². The molecule has 0 aliphatic heterocycles. The van der Waals surface area contributed by atoms with Crippen molar-refractivity contribution < 1.29 is 4.74 Å². The number of methoxy groups -OCH3 is 1. The summed E-state index contributed by atoms with van der Waals surface area (Å²) in [4.78, 5) is 0. The normalized spacial score (nSPS) is 10.8. The van der Waals surface area contributed by atoms with E-state index in [0.717, 1.165) is 35.2 Å². The van der Waals surface area contributed by atoms with Crippen molar-refractivity contribution in [3.8, 4) is 0 Å². The SMILES string of the molecule is CCCn1cc(CNc2cccc(Br)c2COC)cn1. The molecule has 20 heavy (non-hydrogen) atoms. The zero-order valence-electron chi connectivity index (χ0n) is 11.9. The summed E-state index contributed by atoms with van der Waals surface area (Å²) in [5.74, 6) is 0. The van der Waals surface area contributed by atoms with Crippen LogP contribution in [0.15, 0.2) is 35.1 Å². The third kappa shape index (κ3) is 3.84. The average Bonchev–Trinajstić information content (AvgIpc) is 2.88. The van der Waals surface area contributed by atoms with E-state index in [9.17, 15) is 0 Å². The van der Waals surface area contributed by atoms with Crippen LogP contribution < -0.4 is 5.32 Å². The Bertz CT molecular complexity index is 554. The van der Waals surface area contributed by atoms with Gasteiger partial charge in [-0.2, -0.15) is 5.10 Å². The maximum atomic E-state index is 5.25. The van der Waals surface area contributed by atoms with Gasteiger partial charge < -0.3 is 10.1 Å². The first-order valence-corrected chi connectivity index (χ1v) is 7.55. The lowest BCUT2D eigenvalue weighted by molar-refractivity contribution is 0.185. The first-order chi connectivity index (χ1) is 9.74. The third-order valence-electron chi connectivity index (χ3n) is 3.03. The Balaban J connectivity index is 2.04. The predicted molar refractivity (Wildman–Crippen MR) is 84.7 cm³/mol. The molecule has 2 rings (SSSR count). The fourth-order valence-electron chi connectivity index (χ4n) is 2.06. The molecule has 0 saturated heterocycles. The molecular weight excluding hydrogens is 318 g/mol. The molecule has 0 unspecified atom stereocenters. The van der Waals surface area contributed by atoms with Gasteiger partial charge in [0.1, 0.15) is 0 Å². The van der Waals surface area contributed by atoms with Gasteiger partial charge in [0, 0.05) is 47.7 Å². The fourth-order valence-corrected chi connectivity index (χ4v) is 2.54. The van der Waals surface area contributed by atoms with Gasteiger partial charge in [-0.15, -0.1) is 0 Å². The van der Waals surface area contributed by atoms with E-state index in [-0.39, 0.29) is 0 Å². The zero-order valence-corrected chi connectivity index (χ0v) is 13.5. The summed E-state index contributed by atoms with van der Waals surface area (Å²) in [5, 5.41) is 7.78. The lowest BCUT2D eigenvalue weighted by atomic mass is 10.2. The summed E-state index contributed by atoms with van der Waals surface area (Å²) in [6.07, 6.45) is 5.10. The maximum Gasteiger partial charge on any atom is 0.0744 e. The van der Waals surface area contributed by atoms with Crippen molar-refractivity contribution in [1.29, 1.82) is 0 Å². The van der Waals surface area contributed by atoms with Crippen LogP contribution in [-0.2, 0) is 24.4 Å². The van der Waals surface area contributed by atoms with E-state index in [1.54, 1.807) is 7.11 Å². The minimum atomic E-state index is 0.582. The second-order valence-corrected chi connectivity index (χ2v) is 5.52. The van der Waals surface area contributed by atoms with Crippen LogP contribution in [0.2, 0.25) is 0 Å². The van der Waals surface area contributed by atoms with Crippen LogP contribution in [0.5, 0.6) is 0 Å². The molecule has 0 radical (unpaired) electrons. The number of aromatic nitrogens is 2. The smallest absolute Gasteiger partial charge is 0.0744 e. The van der Waals surface area contributed by atoms with Crippen LogP contribution in [0, 0.1) is 0 Å². The minimum absolute atomic E-state index is 0.582. The molecule has 1 aromatic carbocycles. The predicted octanol–water partition coefficient (Wildman–Crippen LogP) is 3.81. The zero-order chi connectivity index (χ0) is 14.4. The van der Waals surface area contributed by atoms with Gasteiger partial charge >= 0.3 is 0 Å². The van der Waals surface area contributed by atoms with Crippen molar-refractivity contribution in [3.05, 3.63) is 46.2 Å². The lowest BCUT2D eigenvalue weighted by Gasteiger charge is -2.12. The Hall–Kier alpha value is -1.33. The number of anilines is 1. The van der Waals surface area contributed by atoms with E-state index in [1.807, 2.05) is 23.0 Å². The molecule has 1 N–H and O–H groups in total. The van der Waals surface area contributed by atoms with Gasteiger partial charge in [0.2, 0.25) is 0 Å². The Morgan fingerprint density at radius 2 is 2.25 bits per heavy atom. The molecule has 1 heterocycles. The molecule has 108 valence electrons. The van der Waals surface area contributed by atoms with Crippen molar-refractivity contribution in [2.45, 2.75) is 33.0 Å². The summed E-state index contributed by atoms with van der Waals surface area (Å²) in [6, 6.07) is 6.11. The highest BCUT2D eigenvalue weighted by molar-refractivity contribution is 9.10. The molecule has 0 saturated carbocycles. The summed E-state index contributed by atoms with van der Waals surface area (Å²) >= 11 is 3.56. The molecule has 5 heteroatoms. The number of ether oxygens (including phenoxy) is 1. The Kier molecular flexibility index (Phi) is 5.61. The van der Waals surface area contributed by atoms with E-state index < -0.39 is 0 Å². The average molecular weight is 338 g/mol. The monoisotopic (exact) mass is 337 g/mol. The lowest BCUT2D eigenvalue weighted by Crippen LogP contribution is -2.03. The number of nitrogens with zero attached hydrogens (tertiary/aromatic N) is 2.